The summed E-state index contributed by atoms with van der Waals surface area (Å²) in [5.74, 6) is 0. The van der Waals surface area contributed by atoms with Crippen LogP contribution in [0.5, 0.6) is 0 Å². The van der Waals surface area contributed by atoms with Crippen LogP contribution >= 0.6 is 0 Å². The zero-order chi connectivity index (χ0) is 12.8. The summed E-state index contributed by atoms with van der Waals surface area (Å²) >= 11 is 0. The smallest absolute Gasteiger partial charge is 0.168 e. The standard InChI is InChI=1S/C16H14N2/c1-16(13-17,15-10-6-3-7-11-15)18-12-14-8-4-2-5-9-14/h2-12H,1H3. The highest BCUT2D eigenvalue weighted by molar-refractivity contribution is 5.80. The molecule has 0 aliphatic rings. The van der Waals surface area contributed by atoms with Gasteiger partial charge in [0.1, 0.15) is 0 Å². The minimum atomic E-state index is -0.836. The van der Waals surface area contributed by atoms with Crippen LogP contribution in [0.3, 0.4) is 0 Å². The molecule has 1 atom stereocenters. The molecule has 0 aliphatic heterocycles. The molecule has 0 N–H and O–H groups in total. The van der Waals surface area contributed by atoms with Crippen LogP contribution in [0.4, 0.5) is 0 Å². The van der Waals surface area contributed by atoms with Crippen LogP contribution in [0.2, 0.25) is 0 Å². The van der Waals surface area contributed by atoms with E-state index >= 15 is 0 Å². The quantitative estimate of drug-likeness (QED) is 0.748. The monoisotopic (exact) mass is 234 g/mol. The molecule has 0 radical (unpaired) electrons. The SMILES string of the molecule is CC(C#N)(N=Cc1ccccc1)c1ccccc1. The van der Waals surface area contributed by atoms with Gasteiger partial charge in [-0.1, -0.05) is 60.7 Å². The Hall–Kier alpha value is -2.40. The maximum absolute atomic E-state index is 9.35. The van der Waals surface area contributed by atoms with Crippen LogP contribution in [0.25, 0.3) is 0 Å². The first-order valence-corrected chi connectivity index (χ1v) is 5.82. The van der Waals surface area contributed by atoms with E-state index in [4.69, 9.17) is 0 Å². The maximum atomic E-state index is 9.35. The molecule has 2 aromatic rings. The highest BCUT2D eigenvalue weighted by Crippen LogP contribution is 2.24. The Kier molecular flexibility index (Phi) is 3.54. The molecule has 1 unspecified atom stereocenters. The molecule has 0 fully saturated rings. The molecule has 2 rings (SSSR count). The molecule has 2 nitrogen and oxygen atoms in total. The van der Waals surface area contributed by atoms with Crippen LogP contribution in [0.15, 0.2) is 65.7 Å². The van der Waals surface area contributed by atoms with Gasteiger partial charge in [0, 0.05) is 6.21 Å². The highest BCUT2D eigenvalue weighted by Gasteiger charge is 2.23. The van der Waals surface area contributed by atoms with Crippen LogP contribution in [0, 0.1) is 11.3 Å². The third kappa shape index (κ3) is 2.64. The van der Waals surface area contributed by atoms with Gasteiger partial charge in [-0.15, -0.1) is 0 Å². The van der Waals surface area contributed by atoms with E-state index in [9.17, 15) is 5.26 Å². The van der Waals surface area contributed by atoms with Crippen molar-refractivity contribution in [2.75, 3.05) is 0 Å². The molecular weight excluding hydrogens is 220 g/mol. The number of hydrogen-bond acceptors (Lipinski definition) is 2. The maximum Gasteiger partial charge on any atom is 0.168 e. The van der Waals surface area contributed by atoms with Gasteiger partial charge in [0.25, 0.3) is 0 Å². The number of nitrogens with zero attached hydrogens (tertiary/aromatic N) is 2. The Morgan fingerprint density at radius 3 is 2.11 bits per heavy atom. The topological polar surface area (TPSA) is 36.1 Å². The molecule has 0 bridgehead atoms. The number of nitriles is 1. The number of aliphatic imine (C=N–C) groups is 1. The van der Waals surface area contributed by atoms with Crippen molar-refractivity contribution < 1.29 is 0 Å². The minimum absolute atomic E-state index is 0.836. The third-order valence-electron chi connectivity index (χ3n) is 2.82. The van der Waals surface area contributed by atoms with Gasteiger partial charge in [0.2, 0.25) is 0 Å². The van der Waals surface area contributed by atoms with Gasteiger partial charge < -0.3 is 0 Å². The van der Waals surface area contributed by atoms with Gasteiger partial charge in [0.15, 0.2) is 5.54 Å². The van der Waals surface area contributed by atoms with E-state index in [0.29, 0.717) is 0 Å². The van der Waals surface area contributed by atoms with E-state index in [1.54, 1.807) is 6.21 Å². The predicted octanol–water partition coefficient (Wildman–Crippen LogP) is 3.54. The van der Waals surface area contributed by atoms with E-state index in [-0.39, 0.29) is 0 Å². The van der Waals surface area contributed by atoms with Crippen molar-refractivity contribution in [3.8, 4) is 6.07 Å². The van der Waals surface area contributed by atoms with E-state index < -0.39 is 5.54 Å². The summed E-state index contributed by atoms with van der Waals surface area (Å²) in [7, 11) is 0. The number of benzene rings is 2. The fraction of sp³-hybridized carbons (Fsp3) is 0.125. The zero-order valence-corrected chi connectivity index (χ0v) is 10.2. The molecule has 88 valence electrons. The Bertz CT molecular complexity index is 567. The first-order valence-electron chi connectivity index (χ1n) is 5.82. The summed E-state index contributed by atoms with van der Waals surface area (Å²) in [6.45, 7) is 1.82. The van der Waals surface area contributed by atoms with E-state index in [0.717, 1.165) is 11.1 Å². The normalized spacial score (nSPS) is 14.0. The first kappa shape index (κ1) is 12.1. The molecule has 0 spiro atoms. The second kappa shape index (κ2) is 5.29. The van der Waals surface area contributed by atoms with Crippen molar-refractivity contribution in [2.24, 2.45) is 4.99 Å². The average Bonchev–Trinajstić information content (AvgIpc) is 2.47. The minimum Gasteiger partial charge on any atom is -0.266 e. The lowest BCUT2D eigenvalue weighted by Crippen LogP contribution is -2.16. The Morgan fingerprint density at radius 1 is 1.00 bits per heavy atom. The number of hydrogen-bond donors (Lipinski definition) is 0. The van der Waals surface area contributed by atoms with Gasteiger partial charge in [-0.3, -0.25) is 4.99 Å². The lowest BCUT2D eigenvalue weighted by Gasteiger charge is -2.16. The fourth-order valence-electron chi connectivity index (χ4n) is 1.67. The summed E-state index contributed by atoms with van der Waals surface area (Å²) in [6.07, 6.45) is 1.75. The summed E-state index contributed by atoms with van der Waals surface area (Å²) in [5.41, 5.74) is 1.06. The average molecular weight is 234 g/mol. The predicted molar refractivity (Wildman–Crippen MR) is 73.4 cm³/mol. The molecule has 0 saturated heterocycles. The second-order valence-electron chi connectivity index (χ2n) is 4.22. The lowest BCUT2D eigenvalue weighted by atomic mass is 9.94. The molecule has 0 aliphatic carbocycles. The Balaban J connectivity index is 2.30. The van der Waals surface area contributed by atoms with E-state index in [1.165, 1.54) is 0 Å². The fourth-order valence-corrected chi connectivity index (χ4v) is 1.67. The van der Waals surface area contributed by atoms with Crippen molar-refractivity contribution in [1.29, 1.82) is 5.26 Å². The first-order chi connectivity index (χ1) is 8.74. The van der Waals surface area contributed by atoms with Gasteiger partial charge in [-0.25, -0.2) is 0 Å². The van der Waals surface area contributed by atoms with Crippen molar-refractivity contribution >= 4 is 6.21 Å². The Labute approximate surface area is 107 Å². The van der Waals surface area contributed by atoms with Crippen LogP contribution in [0.1, 0.15) is 18.1 Å². The van der Waals surface area contributed by atoms with E-state index in [1.807, 2.05) is 67.6 Å². The summed E-state index contributed by atoms with van der Waals surface area (Å²) in [4.78, 5) is 4.43. The molecular formula is C16H14N2. The largest absolute Gasteiger partial charge is 0.266 e. The summed E-state index contributed by atoms with van der Waals surface area (Å²) in [6, 6.07) is 21.7. The number of rotatable bonds is 3. The second-order valence-corrected chi connectivity index (χ2v) is 4.22. The van der Waals surface area contributed by atoms with Crippen molar-refractivity contribution in [2.45, 2.75) is 12.5 Å². The van der Waals surface area contributed by atoms with Crippen molar-refractivity contribution in [3.63, 3.8) is 0 Å². The Morgan fingerprint density at radius 2 is 1.56 bits per heavy atom. The van der Waals surface area contributed by atoms with Crippen LogP contribution in [-0.2, 0) is 5.54 Å². The van der Waals surface area contributed by atoms with Crippen LogP contribution < -0.4 is 0 Å². The van der Waals surface area contributed by atoms with Gasteiger partial charge >= 0.3 is 0 Å². The molecule has 18 heavy (non-hydrogen) atoms. The van der Waals surface area contributed by atoms with Crippen LogP contribution in [-0.4, -0.2) is 6.21 Å². The molecule has 2 heteroatoms. The molecule has 0 heterocycles. The highest BCUT2D eigenvalue weighted by atomic mass is 14.8. The molecule has 0 saturated carbocycles. The summed E-state index contributed by atoms with van der Waals surface area (Å²) in [5, 5.41) is 9.35. The molecule has 2 aromatic carbocycles. The summed E-state index contributed by atoms with van der Waals surface area (Å²) < 4.78 is 0. The van der Waals surface area contributed by atoms with Gasteiger partial charge in [-0.2, -0.15) is 5.26 Å². The van der Waals surface area contributed by atoms with E-state index in [2.05, 4.69) is 11.1 Å². The van der Waals surface area contributed by atoms with Crippen molar-refractivity contribution in [3.05, 3.63) is 71.8 Å². The molecule has 0 amide bonds. The lowest BCUT2D eigenvalue weighted by molar-refractivity contribution is 0.654. The third-order valence-corrected chi connectivity index (χ3v) is 2.82. The van der Waals surface area contributed by atoms with Gasteiger partial charge in [0.05, 0.1) is 6.07 Å². The van der Waals surface area contributed by atoms with Gasteiger partial charge in [-0.05, 0) is 18.1 Å². The molecule has 0 aromatic heterocycles. The zero-order valence-electron chi connectivity index (χ0n) is 10.2. The van der Waals surface area contributed by atoms with Crippen molar-refractivity contribution in [1.82, 2.24) is 0 Å².